The first kappa shape index (κ1) is 19.5. The molecule has 0 saturated carbocycles. The molecule has 5 nitrogen and oxygen atoms in total. The minimum Gasteiger partial charge on any atom is -0.337 e. The van der Waals surface area contributed by atoms with Crippen molar-refractivity contribution in [1.82, 2.24) is 15.5 Å². The van der Waals surface area contributed by atoms with E-state index in [4.69, 9.17) is 5.26 Å². The van der Waals surface area contributed by atoms with Gasteiger partial charge in [-0.2, -0.15) is 5.26 Å². The lowest BCUT2D eigenvalue weighted by molar-refractivity contribution is 0.229. The number of carbonyl (C=O) groups is 1. The zero-order chi connectivity index (χ0) is 18.9. The van der Waals surface area contributed by atoms with Crippen LogP contribution in [-0.4, -0.2) is 37.6 Å². The number of nitrogens with zero attached hydrogens (tertiary/aromatic N) is 2. The molecule has 2 atom stereocenters. The van der Waals surface area contributed by atoms with E-state index in [2.05, 4.69) is 21.6 Å². The first-order valence-electron chi connectivity index (χ1n) is 8.74. The van der Waals surface area contributed by atoms with Crippen LogP contribution in [0.5, 0.6) is 0 Å². The molecule has 2 N–H and O–H groups in total. The van der Waals surface area contributed by atoms with Crippen molar-refractivity contribution in [3.8, 4) is 6.07 Å². The molecule has 0 aromatic heterocycles. The fraction of sp³-hybridized carbons (Fsp3) is 0.333. The average molecular weight is 350 g/mol. The summed E-state index contributed by atoms with van der Waals surface area (Å²) in [5.74, 6) is 0. The number of nitrogens with one attached hydrogen (secondary N) is 2. The molecule has 2 rings (SSSR count). The SMILES string of the molecule is C[C@H](NC(=O)NC[C@H](Cc1ccc(C#N)cc1)N(C)C)c1ccccc1. The Bertz CT molecular complexity index is 735. The maximum atomic E-state index is 12.2. The number of benzene rings is 2. The molecular weight excluding hydrogens is 324 g/mol. The van der Waals surface area contributed by atoms with Crippen LogP contribution in [0.25, 0.3) is 0 Å². The molecule has 26 heavy (non-hydrogen) atoms. The minimum atomic E-state index is -0.173. The van der Waals surface area contributed by atoms with E-state index in [9.17, 15) is 4.79 Å². The van der Waals surface area contributed by atoms with Crippen molar-refractivity contribution in [2.75, 3.05) is 20.6 Å². The molecule has 0 aliphatic rings. The number of amides is 2. The zero-order valence-electron chi connectivity index (χ0n) is 15.6. The molecule has 5 heteroatoms. The second-order valence-corrected chi connectivity index (χ2v) is 6.62. The lowest BCUT2D eigenvalue weighted by Crippen LogP contribution is -2.45. The van der Waals surface area contributed by atoms with Crippen LogP contribution in [0.3, 0.4) is 0 Å². The Morgan fingerprint density at radius 1 is 1.12 bits per heavy atom. The molecule has 0 unspecified atom stereocenters. The summed E-state index contributed by atoms with van der Waals surface area (Å²) in [7, 11) is 4.00. The fourth-order valence-electron chi connectivity index (χ4n) is 2.71. The van der Waals surface area contributed by atoms with Gasteiger partial charge >= 0.3 is 6.03 Å². The van der Waals surface area contributed by atoms with Crippen LogP contribution in [0, 0.1) is 11.3 Å². The smallest absolute Gasteiger partial charge is 0.315 e. The first-order valence-corrected chi connectivity index (χ1v) is 8.74. The largest absolute Gasteiger partial charge is 0.337 e. The molecule has 0 fully saturated rings. The van der Waals surface area contributed by atoms with E-state index in [0.29, 0.717) is 12.1 Å². The van der Waals surface area contributed by atoms with Gasteiger partial charge < -0.3 is 15.5 Å². The maximum absolute atomic E-state index is 12.2. The molecule has 0 aliphatic carbocycles. The van der Waals surface area contributed by atoms with Crippen LogP contribution >= 0.6 is 0 Å². The third-order valence-electron chi connectivity index (χ3n) is 4.43. The molecular formula is C21H26N4O. The van der Waals surface area contributed by atoms with Crippen molar-refractivity contribution in [3.63, 3.8) is 0 Å². The Hall–Kier alpha value is -2.84. The number of hydrogen-bond donors (Lipinski definition) is 2. The normalized spacial score (nSPS) is 12.9. The van der Waals surface area contributed by atoms with Gasteiger partial charge in [0.2, 0.25) is 0 Å². The Labute approximate surface area is 155 Å². The summed E-state index contributed by atoms with van der Waals surface area (Å²) in [4.78, 5) is 14.3. The summed E-state index contributed by atoms with van der Waals surface area (Å²) in [6, 6.07) is 19.5. The van der Waals surface area contributed by atoms with Crippen LogP contribution in [0.1, 0.15) is 29.7 Å². The van der Waals surface area contributed by atoms with Crippen LogP contribution in [0.4, 0.5) is 4.79 Å². The molecule has 0 spiro atoms. The average Bonchev–Trinajstić information content (AvgIpc) is 2.66. The van der Waals surface area contributed by atoms with Gasteiger partial charge in [-0.25, -0.2) is 4.79 Å². The van der Waals surface area contributed by atoms with E-state index < -0.39 is 0 Å². The van der Waals surface area contributed by atoms with Crippen LogP contribution < -0.4 is 10.6 Å². The number of likely N-dealkylation sites (N-methyl/N-ethyl adjacent to an activating group) is 1. The zero-order valence-corrected chi connectivity index (χ0v) is 15.6. The van der Waals surface area contributed by atoms with Crippen molar-refractivity contribution < 1.29 is 4.79 Å². The lowest BCUT2D eigenvalue weighted by Gasteiger charge is -2.25. The van der Waals surface area contributed by atoms with Gasteiger partial charge in [0.05, 0.1) is 17.7 Å². The fourth-order valence-corrected chi connectivity index (χ4v) is 2.71. The van der Waals surface area contributed by atoms with E-state index in [0.717, 1.165) is 17.5 Å². The van der Waals surface area contributed by atoms with E-state index in [1.54, 1.807) is 0 Å². The predicted molar refractivity (Wildman–Crippen MR) is 104 cm³/mol. The van der Waals surface area contributed by atoms with Crippen molar-refractivity contribution in [3.05, 3.63) is 71.3 Å². The highest BCUT2D eigenvalue weighted by molar-refractivity contribution is 5.74. The highest BCUT2D eigenvalue weighted by Crippen LogP contribution is 2.11. The summed E-state index contributed by atoms with van der Waals surface area (Å²) < 4.78 is 0. The number of rotatable bonds is 7. The molecule has 136 valence electrons. The lowest BCUT2D eigenvalue weighted by atomic mass is 10.0. The Morgan fingerprint density at radius 2 is 1.77 bits per heavy atom. The van der Waals surface area contributed by atoms with E-state index in [1.807, 2.05) is 75.6 Å². The van der Waals surface area contributed by atoms with Gasteiger partial charge in [0, 0.05) is 12.6 Å². The van der Waals surface area contributed by atoms with Gasteiger partial charge in [0.25, 0.3) is 0 Å². The Balaban J connectivity index is 1.87. The third kappa shape index (κ3) is 5.91. The second-order valence-electron chi connectivity index (χ2n) is 6.62. The topological polar surface area (TPSA) is 68.2 Å². The van der Waals surface area contributed by atoms with Crippen molar-refractivity contribution in [2.45, 2.75) is 25.4 Å². The Kier molecular flexibility index (Phi) is 7.19. The molecule has 0 heterocycles. The summed E-state index contributed by atoms with van der Waals surface area (Å²) in [6.07, 6.45) is 0.799. The van der Waals surface area contributed by atoms with E-state index >= 15 is 0 Å². The van der Waals surface area contributed by atoms with E-state index in [-0.39, 0.29) is 18.1 Å². The summed E-state index contributed by atoms with van der Waals surface area (Å²) in [6.45, 7) is 2.51. The van der Waals surface area contributed by atoms with Gasteiger partial charge in [-0.15, -0.1) is 0 Å². The van der Waals surface area contributed by atoms with Crippen LogP contribution in [0.2, 0.25) is 0 Å². The molecule has 2 aromatic carbocycles. The van der Waals surface area contributed by atoms with Crippen molar-refractivity contribution >= 4 is 6.03 Å². The predicted octanol–water partition coefficient (Wildman–Crippen LogP) is 3.09. The molecule has 0 radical (unpaired) electrons. The standard InChI is InChI=1S/C21H26N4O/c1-16(19-7-5-4-6-8-19)24-21(26)23-15-20(25(2)3)13-17-9-11-18(14-22)12-10-17/h4-12,16,20H,13,15H2,1-3H3,(H2,23,24,26)/t16-,20-/m0/s1. The van der Waals surface area contributed by atoms with Crippen LogP contribution in [-0.2, 0) is 6.42 Å². The van der Waals surface area contributed by atoms with Gasteiger partial charge in [-0.1, -0.05) is 42.5 Å². The third-order valence-corrected chi connectivity index (χ3v) is 4.43. The first-order chi connectivity index (χ1) is 12.5. The van der Waals surface area contributed by atoms with Crippen LogP contribution in [0.15, 0.2) is 54.6 Å². The van der Waals surface area contributed by atoms with Gasteiger partial charge in [0.1, 0.15) is 0 Å². The minimum absolute atomic E-state index is 0.0486. The highest BCUT2D eigenvalue weighted by atomic mass is 16.2. The van der Waals surface area contributed by atoms with Gasteiger partial charge in [0.15, 0.2) is 0 Å². The van der Waals surface area contributed by atoms with E-state index in [1.165, 1.54) is 0 Å². The van der Waals surface area contributed by atoms with Gasteiger partial charge in [-0.3, -0.25) is 0 Å². The summed E-state index contributed by atoms with van der Waals surface area (Å²) in [5, 5.41) is 14.8. The molecule has 2 amide bonds. The number of hydrogen-bond acceptors (Lipinski definition) is 3. The number of nitriles is 1. The molecule has 2 aromatic rings. The molecule has 0 saturated heterocycles. The number of carbonyl (C=O) groups excluding carboxylic acids is 1. The number of urea groups is 1. The molecule has 0 bridgehead atoms. The van der Waals surface area contributed by atoms with Crippen molar-refractivity contribution in [1.29, 1.82) is 5.26 Å². The second kappa shape index (κ2) is 9.59. The summed E-state index contributed by atoms with van der Waals surface area (Å²) >= 11 is 0. The highest BCUT2D eigenvalue weighted by Gasteiger charge is 2.15. The van der Waals surface area contributed by atoms with Crippen molar-refractivity contribution in [2.24, 2.45) is 0 Å². The molecule has 0 aliphatic heterocycles. The summed E-state index contributed by atoms with van der Waals surface area (Å²) in [5.41, 5.74) is 2.87. The monoisotopic (exact) mass is 350 g/mol. The maximum Gasteiger partial charge on any atom is 0.315 e. The quantitative estimate of drug-likeness (QED) is 0.806. The Morgan fingerprint density at radius 3 is 2.35 bits per heavy atom. The van der Waals surface area contributed by atoms with Gasteiger partial charge in [-0.05, 0) is 50.7 Å².